The van der Waals surface area contributed by atoms with Gasteiger partial charge in [0.05, 0.1) is 6.07 Å². The highest BCUT2D eigenvalue weighted by Crippen LogP contribution is 2.19. The quantitative estimate of drug-likeness (QED) is 0.832. The summed E-state index contributed by atoms with van der Waals surface area (Å²) in [5.74, 6) is 0.448. The van der Waals surface area contributed by atoms with Gasteiger partial charge in [0, 0.05) is 38.8 Å². The summed E-state index contributed by atoms with van der Waals surface area (Å²) in [7, 11) is 0. The summed E-state index contributed by atoms with van der Waals surface area (Å²) in [6.45, 7) is 2.78. The number of nitrogens with zero attached hydrogens (tertiary/aromatic N) is 2. The van der Waals surface area contributed by atoms with Crippen molar-refractivity contribution in [1.82, 2.24) is 10.2 Å². The highest BCUT2D eigenvalue weighted by atomic mass is 16.5. The van der Waals surface area contributed by atoms with Gasteiger partial charge in [-0.3, -0.25) is 9.59 Å². The van der Waals surface area contributed by atoms with Crippen molar-refractivity contribution in [2.75, 3.05) is 26.3 Å². The number of hydrogen-bond acceptors (Lipinski definition) is 4. The van der Waals surface area contributed by atoms with E-state index >= 15 is 0 Å². The van der Waals surface area contributed by atoms with Gasteiger partial charge in [-0.15, -0.1) is 0 Å². The van der Waals surface area contributed by atoms with Crippen molar-refractivity contribution >= 4 is 11.8 Å². The maximum Gasteiger partial charge on any atom is 0.236 e. The minimum atomic E-state index is -0.107. The third-order valence-corrected chi connectivity index (χ3v) is 4.26. The molecule has 0 aromatic heterocycles. The van der Waals surface area contributed by atoms with E-state index in [9.17, 15) is 9.59 Å². The second-order valence-electron chi connectivity index (χ2n) is 5.82. The normalized spacial score (nSPS) is 20.8. The number of nitriles is 1. The molecule has 1 N–H and O–H groups in total. The highest BCUT2D eigenvalue weighted by molar-refractivity contribution is 5.78. The molecule has 2 aliphatic heterocycles. The third-order valence-electron chi connectivity index (χ3n) is 4.26. The lowest BCUT2D eigenvalue weighted by molar-refractivity contribution is -0.131. The van der Waals surface area contributed by atoms with E-state index in [0.717, 1.165) is 38.9 Å². The number of ether oxygens (including phenoxy) is 1. The minimum absolute atomic E-state index is 0.0548. The summed E-state index contributed by atoms with van der Waals surface area (Å²) < 4.78 is 5.29. The molecular weight excluding hydrogens is 270 g/mol. The maximum atomic E-state index is 12.0. The molecule has 0 aromatic rings. The number of carbonyl (C=O) groups excluding carboxylic acids is 2. The summed E-state index contributed by atoms with van der Waals surface area (Å²) in [4.78, 5) is 25.3. The molecule has 2 saturated heterocycles. The molecule has 2 amide bonds. The molecule has 0 atom stereocenters. The molecule has 2 fully saturated rings. The molecule has 21 heavy (non-hydrogen) atoms. The van der Waals surface area contributed by atoms with Crippen LogP contribution in [0.5, 0.6) is 0 Å². The summed E-state index contributed by atoms with van der Waals surface area (Å²) in [6, 6.07) is 2.04. The Bertz CT molecular complexity index is 405. The van der Waals surface area contributed by atoms with Crippen molar-refractivity contribution in [3.8, 4) is 6.07 Å². The summed E-state index contributed by atoms with van der Waals surface area (Å²) in [6.07, 6.45) is 4.01. The van der Waals surface area contributed by atoms with E-state index in [-0.39, 0.29) is 24.3 Å². The van der Waals surface area contributed by atoms with E-state index in [1.165, 1.54) is 0 Å². The number of carbonyl (C=O) groups is 2. The number of hydrogen-bond donors (Lipinski definition) is 1. The zero-order valence-electron chi connectivity index (χ0n) is 12.3. The van der Waals surface area contributed by atoms with Crippen LogP contribution in [0.3, 0.4) is 0 Å². The van der Waals surface area contributed by atoms with Crippen LogP contribution < -0.4 is 5.32 Å². The lowest BCUT2D eigenvalue weighted by Crippen LogP contribution is -2.46. The first-order chi connectivity index (χ1) is 10.2. The van der Waals surface area contributed by atoms with Crippen LogP contribution in [0.1, 0.15) is 38.5 Å². The Hall–Kier alpha value is -1.61. The van der Waals surface area contributed by atoms with E-state index in [2.05, 4.69) is 5.32 Å². The van der Waals surface area contributed by atoms with E-state index in [1.54, 1.807) is 4.90 Å². The van der Waals surface area contributed by atoms with Gasteiger partial charge in [-0.05, 0) is 31.6 Å². The lowest BCUT2D eigenvalue weighted by atomic mass is 9.95. The highest BCUT2D eigenvalue weighted by Gasteiger charge is 2.24. The molecule has 0 spiro atoms. The summed E-state index contributed by atoms with van der Waals surface area (Å²) >= 11 is 0. The SMILES string of the molecule is N#CCC(=O)N1CCC(NC(=O)CC2CCOCC2)CC1. The minimum Gasteiger partial charge on any atom is -0.381 e. The van der Waals surface area contributed by atoms with E-state index < -0.39 is 0 Å². The van der Waals surface area contributed by atoms with Crippen molar-refractivity contribution < 1.29 is 14.3 Å². The monoisotopic (exact) mass is 293 g/mol. The van der Waals surface area contributed by atoms with Gasteiger partial charge in [0.2, 0.25) is 11.8 Å². The predicted octanol–water partition coefficient (Wildman–Crippen LogP) is 0.824. The first kappa shape index (κ1) is 15.8. The van der Waals surface area contributed by atoms with E-state index in [4.69, 9.17) is 10.00 Å². The van der Waals surface area contributed by atoms with Crippen LogP contribution >= 0.6 is 0 Å². The molecule has 6 nitrogen and oxygen atoms in total. The fourth-order valence-corrected chi connectivity index (χ4v) is 2.95. The van der Waals surface area contributed by atoms with Crippen molar-refractivity contribution in [2.24, 2.45) is 5.92 Å². The van der Waals surface area contributed by atoms with Gasteiger partial charge in [0.1, 0.15) is 6.42 Å². The largest absolute Gasteiger partial charge is 0.381 e. The molecular formula is C15H23N3O3. The number of rotatable bonds is 4. The van der Waals surface area contributed by atoms with Gasteiger partial charge in [-0.25, -0.2) is 0 Å². The fraction of sp³-hybridized carbons (Fsp3) is 0.800. The van der Waals surface area contributed by atoms with Gasteiger partial charge in [0.25, 0.3) is 0 Å². The molecule has 2 aliphatic rings. The molecule has 0 bridgehead atoms. The maximum absolute atomic E-state index is 12.0. The first-order valence-corrected chi connectivity index (χ1v) is 7.71. The zero-order chi connectivity index (χ0) is 15.1. The fourth-order valence-electron chi connectivity index (χ4n) is 2.95. The number of piperidine rings is 1. The number of amides is 2. The molecule has 0 aliphatic carbocycles. The van der Waals surface area contributed by atoms with E-state index in [1.807, 2.05) is 6.07 Å². The van der Waals surface area contributed by atoms with Crippen molar-refractivity contribution in [3.63, 3.8) is 0 Å². The van der Waals surface area contributed by atoms with Gasteiger partial charge in [-0.1, -0.05) is 0 Å². The van der Waals surface area contributed by atoms with Crippen LogP contribution in [0.15, 0.2) is 0 Å². The smallest absolute Gasteiger partial charge is 0.236 e. The second-order valence-corrected chi connectivity index (χ2v) is 5.82. The van der Waals surface area contributed by atoms with Crippen molar-refractivity contribution in [2.45, 2.75) is 44.6 Å². The summed E-state index contributed by atoms with van der Waals surface area (Å²) in [5.41, 5.74) is 0. The Kier molecular flexibility index (Phi) is 6.00. The topological polar surface area (TPSA) is 82.4 Å². The molecule has 0 aromatic carbocycles. The van der Waals surface area contributed by atoms with Crippen LogP contribution in [0, 0.1) is 17.2 Å². The molecule has 2 heterocycles. The third kappa shape index (κ3) is 5.01. The van der Waals surface area contributed by atoms with E-state index in [0.29, 0.717) is 25.4 Å². The van der Waals surface area contributed by atoms with Gasteiger partial charge in [-0.2, -0.15) is 5.26 Å². The van der Waals surface area contributed by atoms with Crippen LogP contribution in [0.25, 0.3) is 0 Å². The van der Waals surface area contributed by atoms with Crippen molar-refractivity contribution in [1.29, 1.82) is 5.26 Å². The van der Waals surface area contributed by atoms with Crippen LogP contribution in [-0.2, 0) is 14.3 Å². The van der Waals surface area contributed by atoms with Crippen LogP contribution in [0.4, 0.5) is 0 Å². The standard InChI is InChI=1S/C15H23N3O3/c16-6-1-15(20)18-7-2-13(3-8-18)17-14(19)11-12-4-9-21-10-5-12/h12-13H,1-5,7-11H2,(H,17,19). The molecule has 116 valence electrons. The average Bonchev–Trinajstić information content (AvgIpc) is 2.49. The Balaban J connectivity index is 1.67. The Morgan fingerprint density at radius 2 is 1.86 bits per heavy atom. The van der Waals surface area contributed by atoms with Crippen molar-refractivity contribution in [3.05, 3.63) is 0 Å². The Morgan fingerprint density at radius 1 is 1.19 bits per heavy atom. The van der Waals surface area contributed by atoms with Gasteiger partial charge >= 0.3 is 0 Å². The average molecular weight is 293 g/mol. The first-order valence-electron chi connectivity index (χ1n) is 7.71. The van der Waals surface area contributed by atoms with Gasteiger partial charge in [0.15, 0.2) is 0 Å². The number of likely N-dealkylation sites (tertiary alicyclic amines) is 1. The Labute approximate surface area is 125 Å². The molecule has 6 heteroatoms. The summed E-state index contributed by atoms with van der Waals surface area (Å²) in [5, 5.41) is 11.6. The molecule has 0 saturated carbocycles. The lowest BCUT2D eigenvalue weighted by Gasteiger charge is -2.32. The van der Waals surface area contributed by atoms with Gasteiger partial charge < -0.3 is 15.0 Å². The number of nitrogens with one attached hydrogen (secondary N) is 1. The molecule has 2 rings (SSSR count). The zero-order valence-corrected chi connectivity index (χ0v) is 12.3. The van der Waals surface area contributed by atoms with Crippen LogP contribution in [0.2, 0.25) is 0 Å². The second kappa shape index (κ2) is 7.99. The Morgan fingerprint density at radius 3 is 2.48 bits per heavy atom. The predicted molar refractivity (Wildman–Crippen MR) is 76.1 cm³/mol. The molecule has 0 unspecified atom stereocenters. The van der Waals surface area contributed by atoms with Crippen LogP contribution in [-0.4, -0.2) is 49.1 Å². The molecule has 0 radical (unpaired) electrons.